The predicted molar refractivity (Wildman–Crippen MR) is 92.0 cm³/mol. The number of aromatic nitrogens is 2. The first-order valence-corrected chi connectivity index (χ1v) is 8.70. The summed E-state index contributed by atoms with van der Waals surface area (Å²) >= 11 is 0. The molecule has 0 spiro atoms. The number of amides is 1. The van der Waals surface area contributed by atoms with Gasteiger partial charge in [0.1, 0.15) is 5.82 Å². The first-order valence-electron chi connectivity index (χ1n) is 8.70. The van der Waals surface area contributed by atoms with Crippen molar-refractivity contribution in [1.29, 1.82) is 0 Å². The first-order chi connectivity index (χ1) is 11.6. The van der Waals surface area contributed by atoms with Gasteiger partial charge in [0.05, 0.1) is 31.4 Å². The maximum Gasteiger partial charge on any atom is 0.231 e. The zero-order valence-corrected chi connectivity index (χ0v) is 14.2. The molecule has 0 radical (unpaired) electrons. The van der Waals surface area contributed by atoms with Crippen LogP contribution in [-0.2, 0) is 16.0 Å². The van der Waals surface area contributed by atoms with Crippen molar-refractivity contribution in [2.24, 2.45) is 0 Å². The Morgan fingerprint density at radius 1 is 1.25 bits per heavy atom. The monoisotopic (exact) mass is 325 g/mol. The molecule has 0 N–H and O–H groups in total. The lowest BCUT2D eigenvalue weighted by molar-refractivity contribution is -0.122. The van der Waals surface area contributed by atoms with Gasteiger partial charge in [-0.05, 0) is 37.8 Å². The third-order valence-corrected chi connectivity index (χ3v) is 5.16. The van der Waals surface area contributed by atoms with E-state index in [1.807, 2.05) is 21.7 Å². The molecule has 2 aromatic rings. The minimum absolute atomic E-state index is 0.109. The van der Waals surface area contributed by atoms with Gasteiger partial charge in [0.25, 0.3) is 0 Å². The normalized spacial score (nSPS) is 25.9. The molecular formula is C19H23N3O2. The molecule has 0 unspecified atom stereocenters. The molecule has 1 aromatic carbocycles. The number of carbonyl (C=O) groups excluding carboxylic acids is 1. The molecule has 0 saturated heterocycles. The van der Waals surface area contributed by atoms with E-state index in [0.717, 1.165) is 24.2 Å². The summed E-state index contributed by atoms with van der Waals surface area (Å²) in [7, 11) is 0. The van der Waals surface area contributed by atoms with Crippen molar-refractivity contribution in [1.82, 2.24) is 9.78 Å². The quantitative estimate of drug-likeness (QED) is 0.851. The topological polar surface area (TPSA) is 47.4 Å². The molecule has 0 bridgehead atoms. The summed E-state index contributed by atoms with van der Waals surface area (Å²) in [5.74, 6) is 1.01. The lowest BCUT2D eigenvalue weighted by Crippen LogP contribution is -2.45. The summed E-state index contributed by atoms with van der Waals surface area (Å²) in [6, 6.07) is 10.7. The van der Waals surface area contributed by atoms with Crippen molar-refractivity contribution >= 4 is 11.7 Å². The molecule has 4 rings (SSSR count). The van der Waals surface area contributed by atoms with Gasteiger partial charge in [-0.15, -0.1) is 0 Å². The Bertz CT molecular complexity index is 755. The van der Waals surface area contributed by atoms with Crippen molar-refractivity contribution in [3.63, 3.8) is 0 Å². The van der Waals surface area contributed by atoms with Crippen LogP contribution >= 0.6 is 0 Å². The number of carbonyl (C=O) groups is 1. The van der Waals surface area contributed by atoms with Gasteiger partial charge in [0.15, 0.2) is 0 Å². The SMILES string of the molecule is C[C@@H]1C[C@H](C)n2nccc2N1C(=O)C[C@H]1OCCc2ccccc21. The van der Waals surface area contributed by atoms with E-state index in [-0.39, 0.29) is 18.1 Å². The van der Waals surface area contributed by atoms with Gasteiger partial charge in [0, 0.05) is 12.1 Å². The van der Waals surface area contributed by atoms with Gasteiger partial charge in [-0.2, -0.15) is 5.10 Å². The van der Waals surface area contributed by atoms with Crippen LogP contribution in [0.4, 0.5) is 5.82 Å². The maximum atomic E-state index is 13.1. The van der Waals surface area contributed by atoms with Crippen LogP contribution in [0, 0.1) is 0 Å². The fraction of sp³-hybridized carbons (Fsp3) is 0.474. The summed E-state index contributed by atoms with van der Waals surface area (Å²) in [5.41, 5.74) is 2.45. The number of hydrogen-bond donors (Lipinski definition) is 0. The lowest BCUT2D eigenvalue weighted by Gasteiger charge is -2.38. The van der Waals surface area contributed by atoms with Crippen molar-refractivity contribution in [3.05, 3.63) is 47.7 Å². The first kappa shape index (κ1) is 15.4. The Morgan fingerprint density at radius 3 is 2.96 bits per heavy atom. The smallest absolute Gasteiger partial charge is 0.231 e. The van der Waals surface area contributed by atoms with E-state index in [9.17, 15) is 4.79 Å². The van der Waals surface area contributed by atoms with Crippen LogP contribution in [0.2, 0.25) is 0 Å². The van der Waals surface area contributed by atoms with Crippen molar-refractivity contribution in [2.45, 2.75) is 51.3 Å². The number of anilines is 1. The van der Waals surface area contributed by atoms with Gasteiger partial charge in [0.2, 0.25) is 5.91 Å². The van der Waals surface area contributed by atoms with E-state index in [1.165, 1.54) is 5.56 Å². The highest BCUT2D eigenvalue weighted by Gasteiger charge is 2.34. The van der Waals surface area contributed by atoms with Crippen LogP contribution in [0.15, 0.2) is 36.5 Å². The minimum Gasteiger partial charge on any atom is -0.373 e. The Hall–Kier alpha value is -2.14. The summed E-state index contributed by atoms with van der Waals surface area (Å²) in [4.78, 5) is 15.0. The zero-order chi connectivity index (χ0) is 16.7. The molecular weight excluding hydrogens is 302 g/mol. The molecule has 2 aliphatic heterocycles. The highest BCUT2D eigenvalue weighted by molar-refractivity contribution is 5.93. The minimum atomic E-state index is -0.148. The average Bonchev–Trinajstić information content (AvgIpc) is 3.05. The number of rotatable bonds is 2. The molecule has 126 valence electrons. The van der Waals surface area contributed by atoms with Gasteiger partial charge >= 0.3 is 0 Å². The summed E-state index contributed by atoms with van der Waals surface area (Å²) in [5, 5.41) is 4.38. The van der Waals surface area contributed by atoms with E-state index < -0.39 is 0 Å². The number of hydrogen-bond acceptors (Lipinski definition) is 3. The van der Waals surface area contributed by atoms with Crippen LogP contribution in [-0.4, -0.2) is 28.3 Å². The van der Waals surface area contributed by atoms with Crippen molar-refractivity contribution < 1.29 is 9.53 Å². The van der Waals surface area contributed by atoms with Gasteiger partial charge in [-0.1, -0.05) is 24.3 Å². The Kier molecular flexibility index (Phi) is 3.88. The number of nitrogens with zero attached hydrogens (tertiary/aromatic N) is 3. The molecule has 3 heterocycles. The van der Waals surface area contributed by atoms with Gasteiger partial charge < -0.3 is 4.74 Å². The second kappa shape index (κ2) is 6.06. The molecule has 0 fully saturated rings. The fourth-order valence-electron chi connectivity index (χ4n) is 4.04. The fourth-order valence-corrected chi connectivity index (χ4v) is 4.04. The van der Waals surface area contributed by atoms with Crippen LogP contribution in [0.5, 0.6) is 0 Å². The Morgan fingerprint density at radius 2 is 2.08 bits per heavy atom. The number of fused-ring (bicyclic) bond motifs is 2. The average molecular weight is 325 g/mol. The van der Waals surface area contributed by atoms with E-state index in [4.69, 9.17) is 4.74 Å². The summed E-state index contributed by atoms with van der Waals surface area (Å²) in [6.07, 6.45) is 3.84. The molecule has 1 aromatic heterocycles. The largest absolute Gasteiger partial charge is 0.373 e. The molecule has 24 heavy (non-hydrogen) atoms. The van der Waals surface area contributed by atoms with Crippen LogP contribution < -0.4 is 4.90 Å². The van der Waals surface area contributed by atoms with Crippen LogP contribution in [0.3, 0.4) is 0 Å². The summed E-state index contributed by atoms with van der Waals surface area (Å²) < 4.78 is 7.87. The van der Waals surface area contributed by atoms with Crippen molar-refractivity contribution in [3.8, 4) is 0 Å². The summed E-state index contributed by atoms with van der Waals surface area (Å²) in [6.45, 7) is 4.94. The van der Waals surface area contributed by atoms with Crippen molar-refractivity contribution in [2.75, 3.05) is 11.5 Å². The van der Waals surface area contributed by atoms with E-state index in [0.29, 0.717) is 19.1 Å². The predicted octanol–water partition coefficient (Wildman–Crippen LogP) is 3.27. The molecule has 0 saturated carbocycles. The van der Waals surface area contributed by atoms with E-state index >= 15 is 0 Å². The Balaban J connectivity index is 1.59. The van der Waals surface area contributed by atoms with E-state index in [2.05, 4.69) is 37.1 Å². The second-order valence-corrected chi connectivity index (χ2v) is 6.84. The number of benzene rings is 1. The molecule has 1 amide bonds. The lowest BCUT2D eigenvalue weighted by atomic mass is 9.95. The molecule has 0 aliphatic carbocycles. The van der Waals surface area contributed by atoms with E-state index in [1.54, 1.807) is 6.20 Å². The third-order valence-electron chi connectivity index (χ3n) is 5.16. The maximum absolute atomic E-state index is 13.1. The highest BCUT2D eigenvalue weighted by Crippen LogP contribution is 2.35. The molecule has 2 aliphatic rings. The van der Waals surface area contributed by atoms with Crippen LogP contribution in [0.25, 0.3) is 0 Å². The zero-order valence-electron chi connectivity index (χ0n) is 14.2. The Labute approximate surface area is 142 Å². The molecule has 3 atom stereocenters. The van der Waals surface area contributed by atoms with Crippen LogP contribution in [0.1, 0.15) is 50.0 Å². The third kappa shape index (κ3) is 2.53. The van der Waals surface area contributed by atoms with Gasteiger partial charge in [-0.3, -0.25) is 9.69 Å². The standard InChI is InChI=1S/C19H23N3O2/c1-13-11-14(2)22-18(7-9-20-22)21(13)19(23)12-17-16-6-4-3-5-15(16)8-10-24-17/h3-7,9,13-14,17H,8,10-12H2,1-2H3/t13-,14+,17-/m1/s1. The molecule has 5 nitrogen and oxygen atoms in total. The number of ether oxygens (including phenoxy) is 1. The second-order valence-electron chi connectivity index (χ2n) is 6.84. The van der Waals surface area contributed by atoms with Gasteiger partial charge in [-0.25, -0.2) is 4.68 Å². The highest BCUT2D eigenvalue weighted by atomic mass is 16.5. The molecule has 5 heteroatoms.